The summed E-state index contributed by atoms with van der Waals surface area (Å²) in [4.78, 5) is 0. The van der Waals surface area contributed by atoms with Crippen molar-refractivity contribution in [1.29, 1.82) is 5.26 Å². The van der Waals surface area contributed by atoms with Crippen LogP contribution in [0.5, 0.6) is 0 Å². The Kier molecular flexibility index (Phi) is 7.04. The number of methoxy groups -OCH3 is 1. The third-order valence-electron chi connectivity index (χ3n) is 2.71. The van der Waals surface area contributed by atoms with Gasteiger partial charge in [-0.05, 0) is 37.1 Å². The Labute approximate surface area is 108 Å². The molecule has 0 bridgehead atoms. The minimum atomic E-state index is -0.528. The first-order valence-electron chi connectivity index (χ1n) is 6.15. The number of nitrogens with one attached hydrogen (secondary N) is 1. The van der Waals surface area contributed by atoms with E-state index in [0.29, 0.717) is 12.1 Å². The van der Waals surface area contributed by atoms with E-state index in [1.54, 1.807) is 31.4 Å². The summed E-state index contributed by atoms with van der Waals surface area (Å²) in [5.74, 6) is 0. The van der Waals surface area contributed by atoms with Crippen molar-refractivity contribution >= 4 is 0 Å². The Morgan fingerprint density at radius 3 is 2.67 bits per heavy atom. The standard InChI is InChI=1S/C14H20N2O2/c1-18-9-3-2-8-16-11-14(17)13-6-4-12(10-15)5-7-13/h4-7,14,16-17H,2-3,8-9,11H2,1H3. The maximum atomic E-state index is 9.92. The zero-order valence-electron chi connectivity index (χ0n) is 10.7. The predicted octanol–water partition coefficient (Wildman–Crippen LogP) is 1.61. The molecule has 0 aromatic heterocycles. The van der Waals surface area contributed by atoms with Crippen LogP contribution in [0.15, 0.2) is 24.3 Å². The summed E-state index contributed by atoms with van der Waals surface area (Å²) in [6, 6.07) is 9.07. The van der Waals surface area contributed by atoms with Gasteiger partial charge in [0.1, 0.15) is 0 Å². The summed E-state index contributed by atoms with van der Waals surface area (Å²) in [6.07, 6.45) is 1.53. The Hall–Kier alpha value is -1.41. The zero-order chi connectivity index (χ0) is 13.2. The maximum Gasteiger partial charge on any atom is 0.0991 e. The Balaban J connectivity index is 2.23. The number of rotatable bonds is 8. The van der Waals surface area contributed by atoms with Crippen molar-refractivity contribution in [2.45, 2.75) is 18.9 Å². The molecule has 0 aliphatic rings. The Morgan fingerprint density at radius 1 is 1.33 bits per heavy atom. The molecule has 4 nitrogen and oxygen atoms in total. The fourth-order valence-electron chi connectivity index (χ4n) is 1.63. The molecule has 1 rings (SSSR count). The van der Waals surface area contributed by atoms with E-state index in [1.165, 1.54) is 0 Å². The van der Waals surface area contributed by atoms with Gasteiger partial charge in [-0.1, -0.05) is 12.1 Å². The van der Waals surface area contributed by atoms with E-state index in [2.05, 4.69) is 11.4 Å². The van der Waals surface area contributed by atoms with Gasteiger partial charge in [0.25, 0.3) is 0 Å². The normalized spacial score (nSPS) is 12.1. The van der Waals surface area contributed by atoms with Crippen molar-refractivity contribution in [3.05, 3.63) is 35.4 Å². The number of nitriles is 1. The SMILES string of the molecule is COCCCCNCC(O)c1ccc(C#N)cc1. The van der Waals surface area contributed by atoms with Crippen LogP contribution in [0.1, 0.15) is 30.1 Å². The topological polar surface area (TPSA) is 65.3 Å². The molecule has 1 atom stereocenters. The molecular weight excluding hydrogens is 228 g/mol. The highest BCUT2D eigenvalue weighted by Crippen LogP contribution is 2.12. The average molecular weight is 248 g/mol. The third kappa shape index (κ3) is 5.28. The number of aliphatic hydroxyl groups excluding tert-OH is 1. The molecule has 1 aromatic rings. The minimum Gasteiger partial charge on any atom is -0.387 e. The molecule has 0 heterocycles. The van der Waals surface area contributed by atoms with Crippen LogP contribution in [-0.4, -0.2) is 31.9 Å². The van der Waals surface area contributed by atoms with E-state index < -0.39 is 6.10 Å². The van der Waals surface area contributed by atoms with Gasteiger partial charge in [0.2, 0.25) is 0 Å². The van der Waals surface area contributed by atoms with Crippen LogP contribution >= 0.6 is 0 Å². The summed E-state index contributed by atoms with van der Waals surface area (Å²) < 4.78 is 4.96. The highest BCUT2D eigenvalue weighted by molar-refractivity contribution is 5.32. The van der Waals surface area contributed by atoms with E-state index in [9.17, 15) is 5.11 Å². The highest BCUT2D eigenvalue weighted by atomic mass is 16.5. The molecule has 0 saturated heterocycles. The van der Waals surface area contributed by atoms with Gasteiger partial charge >= 0.3 is 0 Å². The van der Waals surface area contributed by atoms with Crippen LogP contribution in [0.25, 0.3) is 0 Å². The average Bonchev–Trinajstić information content (AvgIpc) is 2.42. The molecule has 18 heavy (non-hydrogen) atoms. The molecule has 4 heteroatoms. The van der Waals surface area contributed by atoms with Crippen LogP contribution in [0.3, 0.4) is 0 Å². The first-order chi connectivity index (χ1) is 8.77. The van der Waals surface area contributed by atoms with Crippen LogP contribution in [-0.2, 0) is 4.74 Å². The van der Waals surface area contributed by atoms with E-state index in [1.807, 2.05) is 0 Å². The van der Waals surface area contributed by atoms with E-state index in [4.69, 9.17) is 10.00 Å². The molecule has 0 saturated carbocycles. The van der Waals surface area contributed by atoms with Crippen molar-refractivity contribution in [1.82, 2.24) is 5.32 Å². The molecule has 2 N–H and O–H groups in total. The first-order valence-corrected chi connectivity index (χ1v) is 6.15. The van der Waals surface area contributed by atoms with Gasteiger partial charge in [0.15, 0.2) is 0 Å². The van der Waals surface area contributed by atoms with Crippen LogP contribution in [0, 0.1) is 11.3 Å². The number of hydrogen-bond donors (Lipinski definition) is 2. The van der Waals surface area contributed by atoms with Gasteiger partial charge in [-0.15, -0.1) is 0 Å². The monoisotopic (exact) mass is 248 g/mol. The van der Waals surface area contributed by atoms with E-state index >= 15 is 0 Å². The molecule has 0 aliphatic heterocycles. The molecule has 1 aromatic carbocycles. The van der Waals surface area contributed by atoms with Gasteiger partial charge in [-0.2, -0.15) is 5.26 Å². The molecule has 0 aliphatic carbocycles. The second kappa shape index (κ2) is 8.65. The molecule has 98 valence electrons. The van der Waals surface area contributed by atoms with Crippen molar-refractivity contribution in [3.63, 3.8) is 0 Å². The quantitative estimate of drug-likeness (QED) is 0.686. The second-order valence-electron chi connectivity index (χ2n) is 4.15. The highest BCUT2D eigenvalue weighted by Gasteiger charge is 2.06. The van der Waals surface area contributed by atoms with Crippen molar-refractivity contribution in [2.75, 3.05) is 26.8 Å². The molecule has 0 spiro atoms. The number of benzene rings is 1. The summed E-state index contributed by atoms with van der Waals surface area (Å²) in [5, 5.41) is 21.8. The summed E-state index contributed by atoms with van der Waals surface area (Å²) >= 11 is 0. The van der Waals surface area contributed by atoms with E-state index in [0.717, 1.165) is 31.6 Å². The fourth-order valence-corrected chi connectivity index (χ4v) is 1.63. The number of hydrogen-bond acceptors (Lipinski definition) is 4. The van der Waals surface area contributed by atoms with Gasteiger partial charge in [-0.3, -0.25) is 0 Å². The maximum absolute atomic E-state index is 9.92. The summed E-state index contributed by atoms with van der Waals surface area (Å²) in [7, 11) is 1.70. The van der Waals surface area contributed by atoms with Crippen molar-refractivity contribution < 1.29 is 9.84 Å². The second-order valence-corrected chi connectivity index (χ2v) is 4.15. The van der Waals surface area contributed by atoms with Crippen molar-refractivity contribution in [3.8, 4) is 6.07 Å². The molecular formula is C14H20N2O2. The van der Waals surface area contributed by atoms with Crippen LogP contribution < -0.4 is 5.32 Å². The Bertz CT molecular complexity index is 370. The molecule has 0 fully saturated rings. The van der Waals surface area contributed by atoms with Gasteiger partial charge < -0.3 is 15.2 Å². The largest absolute Gasteiger partial charge is 0.387 e. The summed E-state index contributed by atoms with van der Waals surface area (Å²) in [5.41, 5.74) is 1.44. The molecule has 0 radical (unpaired) electrons. The third-order valence-corrected chi connectivity index (χ3v) is 2.71. The van der Waals surface area contributed by atoms with Crippen LogP contribution in [0.2, 0.25) is 0 Å². The molecule has 0 amide bonds. The van der Waals surface area contributed by atoms with Gasteiger partial charge in [0, 0.05) is 20.3 Å². The first kappa shape index (κ1) is 14.7. The van der Waals surface area contributed by atoms with Gasteiger partial charge in [0.05, 0.1) is 17.7 Å². The lowest BCUT2D eigenvalue weighted by molar-refractivity contribution is 0.172. The predicted molar refractivity (Wildman–Crippen MR) is 70.1 cm³/mol. The smallest absolute Gasteiger partial charge is 0.0991 e. The Morgan fingerprint density at radius 2 is 2.06 bits per heavy atom. The lowest BCUT2D eigenvalue weighted by Crippen LogP contribution is -2.22. The number of aliphatic hydroxyl groups is 1. The van der Waals surface area contributed by atoms with Crippen LogP contribution in [0.4, 0.5) is 0 Å². The number of ether oxygens (including phenoxy) is 1. The van der Waals surface area contributed by atoms with Crippen molar-refractivity contribution in [2.24, 2.45) is 0 Å². The molecule has 1 unspecified atom stereocenters. The summed E-state index contributed by atoms with van der Waals surface area (Å²) in [6.45, 7) is 2.18. The number of unbranched alkanes of at least 4 members (excludes halogenated alkanes) is 1. The lowest BCUT2D eigenvalue weighted by Gasteiger charge is -2.12. The van der Waals surface area contributed by atoms with Gasteiger partial charge in [-0.25, -0.2) is 0 Å². The zero-order valence-corrected chi connectivity index (χ0v) is 10.7. The minimum absolute atomic E-state index is 0.527. The number of nitrogens with zero attached hydrogens (tertiary/aromatic N) is 1. The fraction of sp³-hybridized carbons (Fsp3) is 0.500. The lowest BCUT2D eigenvalue weighted by atomic mass is 10.1. The van der Waals surface area contributed by atoms with E-state index in [-0.39, 0.29) is 0 Å².